The largest absolute Gasteiger partial charge is 0.476 e. The highest BCUT2D eigenvalue weighted by molar-refractivity contribution is 5.92. The molecule has 0 aliphatic rings. The summed E-state index contributed by atoms with van der Waals surface area (Å²) in [4.78, 5) is 18.9. The van der Waals surface area contributed by atoms with Crippen molar-refractivity contribution in [2.45, 2.75) is 6.18 Å². The minimum atomic E-state index is -4.40. The molecule has 1 aromatic carbocycles. The number of nitrogens with zero attached hydrogens (tertiary/aromatic N) is 3. The Morgan fingerprint density at radius 1 is 1.14 bits per heavy atom. The summed E-state index contributed by atoms with van der Waals surface area (Å²) in [7, 11) is 0. The first-order valence-corrected chi connectivity index (χ1v) is 6.11. The number of carboxylic acid groups (broad SMARTS) is 1. The second kappa shape index (κ2) is 4.83. The molecule has 22 heavy (non-hydrogen) atoms. The quantitative estimate of drug-likeness (QED) is 0.790. The van der Waals surface area contributed by atoms with E-state index in [1.807, 2.05) is 0 Å². The number of rotatable bonds is 2. The van der Waals surface area contributed by atoms with Gasteiger partial charge in [0, 0.05) is 11.8 Å². The fourth-order valence-electron chi connectivity index (χ4n) is 2.02. The third kappa shape index (κ3) is 2.39. The van der Waals surface area contributed by atoms with Gasteiger partial charge in [0.1, 0.15) is 6.33 Å². The van der Waals surface area contributed by atoms with Crippen molar-refractivity contribution in [2.75, 3.05) is 0 Å². The standard InChI is InChI=1S/C14H8F3N3O2/c15-14(16,17)9-3-1-8(2-4-9)10-5-6-20-7-18-11(13(21)22)12(20)19-10/h1-7H,(H,21,22). The summed E-state index contributed by atoms with van der Waals surface area (Å²) in [5.74, 6) is -1.22. The first-order chi connectivity index (χ1) is 10.4. The van der Waals surface area contributed by atoms with Gasteiger partial charge in [-0.2, -0.15) is 13.2 Å². The predicted molar refractivity (Wildman–Crippen MR) is 70.4 cm³/mol. The van der Waals surface area contributed by atoms with Gasteiger partial charge in [0.25, 0.3) is 0 Å². The van der Waals surface area contributed by atoms with Gasteiger partial charge in [0.2, 0.25) is 0 Å². The molecule has 0 unspecified atom stereocenters. The summed E-state index contributed by atoms with van der Waals surface area (Å²) in [5.41, 5.74) is -0.0242. The average molecular weight is 307 g/mol. The third-order valence-electron chi connectivity index (χ3n) is 3.10. The van der Waals surface area contributed by atoms with Gasteiger partial charge in [0.15, 0.2) is 11.3 Å². The smallest absolute Gasteiger partial charge is 0.416 e. The van der Waals surface area contributed by atoms with Gasteiger partial charge < -0.3 is 5.11 Å². The first kappa shape index (κ1) is 14.1. The molecule has 0 saturated carbocycles. The van der Waals surface area contributed by atoms with E-state index in [1.54, 1.807) is 12.3 Å². The van der Waals surface area contributed by atoms with E-state index in [4.69, 9.17) is 5.11 Å². The summed E-state index contributed by atoms with van der Waals surface area (Å²) >= 11 is 0. The number of alkyl halides is 3. The monoisotopic (exact) mass is 307 g/mol. The Balaban J connectivity index is 2.06. The Bertz CT molecular complexity index is 854. The average Bonchev–Trinajstić information content (AvgIpc) is 2.89. The summed E-state index contributed by atoms with van der Waals surface area (Å²) in [5, 5.41) is 9.02. The summed E-state index contributed by atoms with van der Waals surface area (Å²) in [6.07, 6.45) is -1.55. The molecule has 3 rings (SSSR count). The van der Waals surface area contributed by atoms with Crippen molar-refractivity contribution in [3.8, 4) is 11.3 Å². The fourth-order valence-corrected chi connectivity index (χ4v) is 2.02. The number of fused-ring (bicyclic) bond motifs is 1. The topological polar surface area (TPSA) is 67.5 Å². The molecule has 112 valence electrons. The second-order valence-electron chi connectivity index (χ2n) is 4.52. The molecule has 0 fully saturated rings. The molecule has 5 nitrogen and oxygen atoms in total. The Morgan fingerprint density at radius 3 is 2.41 bits per heavy atom. The summed E-state index contributed by atoms with van der Waals surface area (Å²) < 4.78 is 39.0. The minimum Gasteiger partial charge on any atom is -0.476 e. The highest BCUT2D eigenvalue weighted by atomic mass is 19.4. The maximum atomic E-state index is 12.5. The number of imidazole rings is 1. The molecule has 0 amide bonds. The van der Waals surface area contributed by atoms with Crippen LogP contribution in [0.4, 0.5) is 13.2 Å². The van der Waals surface area contributed by atoms with Crippen LogP contribution in [0.25, 0.3) is 16.9 Å². The van der Waals surface area contributed by atoms with E-state index in [0.29, 0.717) is 11.3 Å². The van der Waals surface area contributed by atoms with Gasteiger partial charge in [-0.15, -0.1) is 0 Å². The van der Waals surface area contributed by atoms with Crippen LogP contribution in [-0.2, 0) is 6.18 Å². The van der Waals surface area contributed by atoms with E-state index in [1.165, 1.54) is 22.9 Å². The lowest BCUT2D eigenvalue weighted by Crippen LogP contribution is -2.04. The number of benzene rings is 1. The Kier molecular flexibility index (Phi) is 3.09. The molecule has 0 aliphatic carbocycles. The molecular formula is C14H8F3N3O2. The van der Waals surface area contributed by atoms with Crippen molar-refractivity contribution in [3.63, 3.8) is 0 Å². The molecular weight excluding hydrogens is 299 g/mol. The van der Waals surface area contributed by atoms with Crippen molar-refractivity contribution in [3.05, 3.63) is 54.1 Å². The van der Waals surface area contributed by atoms with Crippen LogP contribution in [-0.4, -0.2) is 25.4 Å². The van der Waals surface area contributed by atoms with Crippen LogP contribution < -0.4 is 0 Å². The highest BCUT2D eigenvalue weighted by Gasteiger charge is 2.30. The lowest BCUT2D eigenvalue weighted by atomic mass is 10.1. The van der Waals surface area contributed by atoms with Gasteiger partial charge in [-0.05, 0) is 18.2 Å². The molecule has 8 heteroatoms. The van der Waals surface area contributed by atoms with Gasteiger partial charge in [0.05, 0.1) is 11.3 Å². The molecule has 2 heterocycles. The number of hydrogen-bond acceptors (Lipinski definition) is 3. The van der Waals surface area contributed by atoms with Crippen LogP contribution in [0.3, 0.4) is 0 Å². The maximum absolute atomic E-state index is 12.5. The van der Waals surface area contributed by atoms with Crippen molar-refractivity contribution in [2.24, 2.45) is 0 Å². The molecule has 0 radical (unpaired) electrons. The lowest BCUT2D eigenvalue weighted by Gasteiger charge is -2.07. The zero-order chi connectivity index (χ0) is 15.9. The van der Waals surface area contributed by atoms with Gasteiger partial charge in [-0.25, -0.2) is 14.8 Å². The number of hydrogen-bond donors (Lipinski definition) is 1. The number of aromatic carboxylic acids is 1. The molecule has 0 bridgehead atoms. The Labute approximate surface area is 121 Å². The predicted octanol–water partition coefficient (Wildman–Crippen LogP) is 3.11. The molecule has 2 aromatic heterocycles. The van der Waals surface area contributed by atoms with Crippen LogP contribution in [0.15, 0.2) is 42.9 Å². The number of aromatic nitrogens is 3. The van der Waals surface area contributed by atoms with Crippen LogP contribution in [0, 0.1) is 0 Å². The van der Waals surface area contributed by atoms with E-state index in [9.17, 15) is 18.0 Å². The molecule has 0 saturated heterocycles. The lowest BCUT2D eigenvalue weighted by molar-refractivity contribution is -0.137. The second-order valence-corrected chi connectivity index (χ2v) is 4.52. The summed E-state index contributed by atoms with van der Waals surface area (Å²) in [6.45, 7) is 0. The van der Waals surface area contributed by atoms with Crippen molar-refractivity contribution in [1.29, 1.82) is 0 Å². The van der Waals surface area contributed by atoms with Gasteiger partial charge in [-0.3, -0.25) is 4.40 Å². The zero-order valence-corrected chi connectivity index (χ0v) is 10.9. The maximum Gasteiger partial charge on any atom is 0.416 e. The molecule has 0 aliphatic heterocycles. The van der Waals surface area contributed by atoms with Crippen LogP contribution in [0.5, 0.6) is 0 Å². The number of halogens is 3. The normalized spacial score (nSPS) is 11.8. The minimum absolute atomic E-state index is 0.130. The van der Waals surface area contributed by atoms with Crippen molar-refractivity contribution >= 4 is 11.6 Å². The van der Waals surface area contributed by atoms with E-state index in [2.05, 4.69) is 9.97 Å². The number of carbonyl (C=O) groups is 1. The third-order valence-corrected chi connectivity index (χ3v) is 3.10. The highest BCUT2D eigenvalue weighted by Crippen LogP contribution is 2.30. The van der Waals surface area contributed by atoms with Crippen molar-refractivity contribution < 1.29 is 23.1 Å². The van der Waals surface area contributed by atoms with Crippen molar-refractivity contribution in [1.82, 2.24) is 14.4 Å². The van der Waals surface area contributed by atoms with E-state index in [-0.39, 0.29) is 11.3 Å². The van der Waals surface area contributed by atoms with E-state index >= 15 is 0 Å². The van der Waals surface area contributed by atoms with Crippen LogP contribution in [0.2, 0.25) is 0 Å². The number of carboxylic acids is 1. The molecule has 3 aromatic rings. The Hall–Kier alpha value is -2.90. The first-order valence-electron chi connectivity index (χ1n) is 6.11. The van der Waals surface area contributed by atoms with Crippen LogP contribution >= 0.6 is 0 Å². The molecule has 0 spiro atoms. The van der Waals surface area contributed by atoms with Gasteiger partial charge in [-0.1, -0.05) is 12.1 Å². The Morgan fingerprint density at radius 2 is 1.82 bits per heavy atom. The fraction of sp³-hybridized carbons (Fsp3) is 0.0714. The SMILES string of the molecule is O=C(O)c1ncn2ccc(-c3ccc(C(F)(F)F)cc3)nc12. The van der Waals surface area contributed by atoms with E-state index < -0.39 is 17.7 Å². The molecule has 1 N–H and O–H groups in total. The van der Waals surface area contributed by atoms with Crippen LogP contribution in [0.1, 0.15) is 16.1 Å². The summed E-state index contributed by atoms with van der Waals surface area (Å²) in [6, 6.07) is 6.06. The zero-order valence-electron chi connectivity index (χ0n) is 10.9. The van der Waals surface area contributed by atoms with Gasteiger partial charge >= 0.3 is 12.1 Å². The van der Waals surface area contributed by atoms with E-state index in [0.717, 1.165) is 12.1 Å². The molecule has 0 atom stereocenters.